The highest BCUT2D eigenvalue weighted by Gasteiger charge is 2.21. The maximum absolute atomic E-state index is 12.7. The van der Waals surface area contributed by atoms with Crippen LogP contribution in [0.5, 0.6) is 17.2 Å². The number of ether oxygens (including phenoxy) is 3. The Hall–Kier alpha value is -3.48. The molecule has 0 unspecified atom stereocenters. The van der Waals surface area contributed by atoms with Crippen molar-refractivity contribution in [1.29, 1.82) is 0 Å². The molecule has 0 radical (unpaired) electrons. The first-order chi connectivity index (χ1) is 13.1. The molecule has 0 bridgehead atoms. The predicted molar refractivity (Wildman–Crippen MR) is 99.5 cm³/mol. The zero-order chi connectivity index (χ0) is 19.2. The lowest BCUT2D eigenvalue weighted by atomic mass is 10.2. The molecular formula is C20H20N2O5. The van der Waals surface area contributed by atoms with Gasteiger partial charge in [0.2, 0.25) is 0 Å². The molecule has 7 nitrogen and oxygen atoms in total. The van der Waals surface area contributed by atoms with E-state index < -0.39 is 5.91 Å². The van der Waals surface area contributed by atoms with Gasteiger partial charge in [0.05, 0.1) is 25.5 Å². The number of hydrogen-bond donors (Lipinski definition) is 1. The highest BCUT2D eigenvalue weighted by Crippen LogP contribution is 2.28. The van der Waals surface area contributed by atoms with Crippen molar-refractivity contribution in [3.63, 3.8) is 0 Å². The van der Waals surface area contributed by atoms with Crippen molar-refractivity contribution in [2.45, 2.75) is 13.5 Å². The minimum absolute atomic E-state index is 0.115. The van der Waals surface area contributed by atoms with Crippen LogP contribution in [0.4, 0.5) is 5.69 Å². The third-order valence-electron chi connectivity index (χ3n) is 4.00. The Balaban J connectivity index is 1.79. The summed E-state index contributed by atoms with van der Waals surface area (Å²) in [7, 11) is 3.11. The molecule has 3 rings (SSSR count). The smallest absolute Gasteiger partial charge is 0.278 e. The Bertz CT molecular complexity index is 936. The predicted octanol–water partition coefficient (Wildman–Crippen LogP) is 3.83. The third-order valence-corrected chi connectivity index (χ3v) is 4.00. The molecule has 3 aromatic rings. The van der Waals surface area contributed by atoms with Gasteiger partial charge in [-0.3, -0.25) is 4.79 Å². The molecule has 27 heavy (non-hydrogen) atoms. The molecule has 140 valence electrons. The Labute approximate surface area is 156 Å². The summed E-state index contributed by atoms with van der Waals surface area (Å²) in [6.45, 7) is 1.85. The summed E-state index contributed by atoms with van der Waals surface area (Å²) >= 11 is 0. The zero-order valence-corrected chi connectivity index (χ0v) is 15.3. The normalized spacial score (nSPS) is 10.3. The number of hydrogen-bond acceptors (Lipinski definition) is 6. The van der Waals surface area contributed by atoms with E-state index >= 15 is 0 Å². The topological polar surface area (TPSA) is 82.8 Å². The number of carbonyl (C=O) groups excluding carboxylic acids is 1. The molecule has 1 heterocycles. The fraction of sp³-hybridized carbons (Fsp3) is 0.200. The van der Waals surface area contributed by atoms with E-state index in [1.807, 2.05) is 18.2 Å². The SMILES string of the molecule is COc1ccccc1NC(=O)c1noc(C)c1COc1ccccc1OC. The van der Waals surface area contributed by atoms with E-state index in [-0.39, 0.29) is 12.3 Å². The van der Waals surface area contributed by atoms with Crippen molar-refractivity contribution in [3.05, 3.63) is 65.5 Å². The van der Waals surface area contributed by atoms with Gasteiger partial charge in [-0.25, -0.2) is 0 Å². The van der Waals surface area contributed by atoms with E-state index in [0.717, 1.165) is 0 Å². The van der Waals surface area contributed by atoms with Gasteiger partial charge in [-0.1, -0.05) is 29.4 Å². The summed E-state index contributed by atoms with van der Waals surface area (Å²) in [5.74, 6) is 1.83. The number of nitrogens with zero attached hydrogens (tertiary/aromatic N) is 1. The van der Waals surface area contributed by atoms with E-state index in [4.69, 9.17) is 18.7 Å². The number of rotatable bonds is 7. The van der Waals surface area contributed by atoms with Gasteiger partial charge < -0.3 is 24.1 Å². The number of methoxy groups -OCH3 is 2. The Morgan fingerprint density at radius 1 is 1.00 bits per heavy atom. The van der Waals surface area contributed by atoms with Crippen molar-refractivity contribution < 1.29 is 23.5 Å². The van der Waals surface area contributed by atoms with Crippen LogP contribution in [0.3, 0.4) is 0 Å². The lowest BCUT2D eigenvalue weighted by Crippen LogP contribution is -2.16. The van der Waals surface area contributed by atoms with Crippen LogP contribution in [0.1, 0.15) is 21.8 Å². The Morgan fingerprint density at radius 3 is 2.33 bits per heavy atom. The molecule has 0 saturated heterocycles. The van der Waals surface area contributed by atoms with E-state index in [1.54, 1.807) is 44.4 Å². The van der Waals surface area contributed by atoms with Crippen LogP contribution in [-0.4, -0.2) is 25.3 Å². The molecule has 7 heteroatoms. The largest absolute Gasteiger partial charge is 0.495 e. The van der Waals surface area contributed by atoms with Crippen LogP contribution in [0.15, 0.2) is 53.1 Å². The highest BCUT2D eigenvalue weighted by molar-refractivity contribution is 6.04. The van der Waals surface area contributed by atoms with E-state index in [0.29, 0.717) is 34.3 Å². The number of benzene rings is 2. The first-order valence-corrected chi connectivity index (χ1v) is 8.29. The van der Waals surface area contributed by atoms with Crippen molar-refractivity contribution in [2.75, 3.05) is 19.5 Å². The first kappa shape index (κ1) is 18.3. The number of anilines is 1. The number of aromatic nitrogens is 1. The molecule has 0 fully saturated rings. The molecule has 2 aromatic carbocycles. The van der Waals surface area contributed by atoms with Crippen LogP contribution < -0.4 is 19.5 Å². The Morgan fingerprint density at radius 2 is 1.63 bits per heavy atom. The van der Waals surface area contributed by atoms with Gasteiger partial charge in [-0.15, -0.1) is 0 Å². The second-order valence-electron chi connectivity index (χ2n) is 5.66. The fourth-order valence-corrected chi connectivity index (χ4v) is 2.56. The van der Waals surface area contributed by atoms with Crippen molar-refractivity contribution in [2.24, 2.45) is 0 Å². The summed E-state index contributed by atoms with van der Waals surface area (Å²) in [5.41, 5.74) is 1.27. The minimum atomic E-state index is -0.407. The van der Waals surface area contributed by atoms with Gasteiger partial charge in [0, 0.05) is 0 Å². The lowest BCUT2D eigenvalue weighted by Gasteiger charge is -2.11. The maximum Gasteiger partial charge on any atom is 0.278 e. The van der Waals surface area contributed by atoms with E-state index in [9.17, 15) is 4.79 Å². The number of carbonyl (C=O) groups is 1. The standard InChI is InChI=1S/C20H20N2O5/c1-13-14(12-26-18-11-7-6-10-17(18)25-3)19(22-27-13)20(23)21-15-8-4-5-9-16(15)24-2/h4-11H,12H2,1-3H3,(H,21,23). The molecule has 0 atom stereocenters. The summed E-state index contributed by atoms with van der Waals surface area (Å²) in [6.07, 6.45) is 0. The second kappa shape index (κ2) is 8.27. The van der Waals surface area contributed by atoms with Gasteiger partial charge in [0.15, 0.2) is 17.2 Å². The Kier molecular flexibility index (Phi) is 5.61. The molecule has 0 aliphatic rings. The van der Waals surface area contributed by atoms with Crippen LogP contribution in [-0.2, 0) is 6.61 Å². The second-order valence-corrected chi connectivity index (χ2v) is 5.66. The maximum atomic E-state index is 12.7. The minimum Gasteiger partial charge on any atom is -0.495 e. The first-order valence-electron chi connectivity index (χ1n) is 8.29. The van der Waals surface area contributed by atoms with Gasteiger partial charge in [0.1, 0.15) is 18.1 Å². The quantitative estimate of drug-likeness (QED) is 0.682. The monoisotopic (exact) mass is 368 g/mol. The lowest BCUT2D eigenvalue weighted by molar-refractivity contribution is 0.101. The summed E-state index contributed by atoms with van der Waals surface area (Å²) in [6, 6.07) is 14.4. The van der Waals surface area contributed by atoms with Crippen LogP contribution in [0, 0.1) is 6.92 Å². The summed E-state index contributed by atoms with van der Waals surface area (Å²) in [4.78, 5) is 12.7. The van der Waals surface area contributed by atoms with Gasteiger partial charge in [-0.05, 0) is 31.2 Å². The van der Waals surface area contributed by atoms with Crippen molar-refractivity contribution >= 4 is 11.6 Å². The molecule has 1 aromatic heterocycles. The van der Waals surface area contributed by atoms with Gasteiger partial charge in [0.25, 0.3) is 5.91 Å². The molecule has 1 N–H and O–H groups in total. The summed E-state index contributed by atoms with van der Waals surface area (Å²) in [5, 5.41) is 6.67. The van der Waals surface area contributed by atoms with E-state index in [1.165, 1.54) is 7.11 Å². The molecule has 1 amide bonds. The highest BCUT2D eigenvalue weighted by atomic mass is 16.5. The zero-order valence-electron chi connectivity index (χ0n) is 15.3. The third kappa shape index (κ3) is 4.03. The fourth-order valence-electron chi connectivity index (χ4n) is 2.56. The number of amides is 1. The molecule has 0 saturated carbocycles. The number of para-hydroxylation sites is 4. The molecule has 0 aliphatic carbocycles. The van der Waals surface area contributed by atoms with E-state index in [2.05, 4.69) is 10.5 Å². The van der Waals surface area contributed by atoms with Crippen LogP contribution in [0.2, 0.25) is 0 Å². The summed E-state index contributed by atoms with van der Waals surface area (Å²) < 4.78 is 21.5. The number of aryl methyl sites for hydroxylation is 1. The van der Waals surface area contributed by atoms with Gasteiger partial charge >= 0.3 is 0 Å². The molecule has 0 spiro atoms. The number of nitrogens with one attached hydrogen (secondary N) is 1. The van der Waals surface area contributed by atoms with Crippen LogP contribution in [0.25, 0.3) is 0 Å². The van der Waals surface area contributed by atoms with Crippen molar-refractivity contribution in [1.82, 2.24) is 5.16 Å². The average Bonchev–Trinajstić information content (AvgIpc) is 3.07. The van der Waals surface area contributed by atoms with Crippen LogP contribution >= 0.6 is 0 Å². The molecular weight excluding hydrogens is 348 g/mol. The average molecular weight is 368 g/mol. The molecule has 0 aliphatic heterocycles. The van der Waals surface area contributed by atoms with Gasteiger partial charge in [-0.2, -0.15) is 0 Å². The van der Waals surface area contributed by atoms with Crippen molar-refractivity contribution in [3.8, 4) is 17.2 Å².